The first-order valence-electron chi connectivity index (χ1n) is 5.21. The van der Waals surface area contributed by atoms with E-state index in [1.165, 1.54) is 11.3 Å². The minimum atomic E-state index is -0.112. The Labute approximate surface area is 105 Å². The molecule has 90 valence electrons. The number of halogens is 1. The third-order valence-electron chi connectivity index (χ3n) is 2.46. The van der Waals surface area contributed by atoms with Crippen molar-refractivity contribution < 1.29 is 4.79 Å². The topological polar surface area (TPSA) is 32.3 Å². The van der Waals surface area contributed by atoms with Gasteiger partial charge in [0.25, 0.3) is 0 Å². The summed E-state index contributed by atoms with van der Waals surface area (Å²) in [7, 11) is 3.70. The van der Waals surface area contributed by atoms with Crippen molar-refractivity contribution in [3.8, 4) is 0 Å². The lowest BCUT2D eigenvalue weighted by Gasteiger charge is -2.20. The lowest BCUT2D eigenvalue weighted by molar-refractivity contribution is -0.131. The van der Waals surface area contributed by atoms with Crippen LogP contribution in [-0.2, 0) is 4.79 Å². The molecular formula is C11H17ClN2OS. The Bertz CT molecular complexity index is 354. The summed E-state index contributed by atoms with van der Waals surface area (Å²) >= 11 is 7.32. The zero-order valence-corrected chi connectivity index (χ0v) is 11.4. The van der Waals surface area contributed by atoms with E-state index in [0.29, 0.717) is 0 Å². The average molecular weight is 261 g/mol. The molecule has 5 heteroatoms. The summed E-state index contributed by atoms with van der Waals surface area (Å²) in [6, 6.07) is 3.75. The second-order valence-corrected chi connectivity index (χ2v) is 5.47. The summed E-state index contributed by atoms with van der Waals surface area (Å²) < 4.78 is 0.729. The summed E-state index contributed by atoms with van der Waals surface area (Å²) in [6.45, 7) is 3.44. The van der Waals surface area contributed by atoms with Gasteiger partial charge in [0.1, 0.15) is 0 Å². The number of rotatable bonds is 5. The molecule has 0 saturated carbocycles. The van der Waals surface area contributed by atoms with Crippen LogP contribution in [0, 0.1) is 0 Å². The molecule has 1 atom stereocenters. The van der Waals surface area contributed by atoms with Gasteiger partial charge in [-0.1, -0.05) is 11.6 Å². The fourth-order valence-corrected chi connectivity index (χ4v) is 2.51. The fraction of sp³-hybridized carbons (Fsp3) is 0.545. The van der Waals surface area contributed by atoms with Crippen molar-refractivity contribution in [1.29, 1.82) is 0 Å². The van der Waals surface area contributed by atoms with E-state index >= 15 is 0 Å². The Hall–Kier alpha value is -0.580. The van der Waals surface area contributed by atoms with Gasteiger partial charge in [-0.05, 0) is 26.1 Å². The van der Waals surface area contributed by atoms with Gasteiger partial charge < -0.3 is 10.2 Å². The van der Waals surface area contributed by atoms with Crippen LogP contribution in [0.3, 0.4) is 0 Å². The maximum atomic E-state index is 12.0. The zero-order chi connectivity index (χ0) is 12.1. The van der Waals surface area contributed by atoms with E-state index in [1.54, 1.807) is 4.90 Å². The molecule has 0 saturated heterocycles. The molecule has 1 heterocycles. The lowest BCUT2D eigenvalue weighted by Crippen LogP contribution is -2.35. The fourth-order valence-electron chi connectivity index (χ4n) is 1.40. The summed E-state index contributed by atoms with van der Waals surface area (Å²) in [6.07, 6.45) is 0. The van der Waals surface area contributed by atoms with Crippen molar-refractivity contribution in [3.05, 3.63) is 21.3 Å². The van der Waals surface area contributed by atoms with Gasteiger partial charge >= 0.3 is 0 Å². The molecule has 0 aliphatic carbocycles. The van der Waals surface area contributed by atoms with Crippen LogP contribution >= 0.6 is 22.9 Å². The van der Waals surface area contributed by atoms with E-state index in [9.17, 15) is 4.79 Å². The molecule has 0 aromatic carbocycles. The van der Waals surface area contributed by atoms with E-state index in [-0.39, 0.29) is 11.8 Å². The highest BCUT2D eigenvalue weighted by Crippen LogP contribution is 2.28. The van der Waals surface area contributed by atoms with Crippen LogP contribution in [0.25, 0.3) is 0 Å². The van der Waals surface area contributed by atoms with Crippen molar-refractivity contribution in [3.63, 3.8) is 0 Å². The van der Waals surface area contributed by atoms with E-state index in [0.717, 1.165) is 22.3 Å². The summed E-state index contributed by atoms with van der Waals surface area (Å²) in [4.78, 5) is 14.8. The van der Waals surface area contributed by atoms with E-state index in [1.807, 2.05) is 33.2 Å². The van der Waals surface area contributed by atoms with Crippen molar-refractivity contribution in [2.45, 2.75) is 12.8 Å². The molecule has 0 fully saturated rings. The van der Waals surface area contributed by atoms with E-state index < -0.39 is 0 Å². The summed E-state index contributed by atoms with van der Waals surface area (Å²) in [5.74, 6) is 0.0214. The Balaban J connectivity index is 2.59. The van der Waals surface area contributed by atoms with Gasteiger partial charge in [0, 0.05) is 25.0 Å². The van der Waals surface area contributed by atoms with Crippen LogP contribution in [0.5, 0.6) is 0 Å². The van der Waals surface area contributed by atoms with Crippen molar-refractivity contribution >= 4 is 28.8 Å². The largest absolute Gasteiger partial charge is 0.344 e. The van der Waals surface area contributed by atoms with E-state index in [4.69, 9.17) is 11.6 Å². The third kappa shape index (κ3) is 3.47. The third-order valence-corrected chi connectivity index (χ3v) is 3.88. The summed E-state index contributed by atoms with van der Waals surface area (Å²) in [5.41, 5.74) is 0. The predicted molar refractivity (Wildman–Crippen MR) is 69.3 cm³/mol. The standard InChI is InChI=1S/C11H17ClN2OS/c1-8(9-4-5-10(12)16-9)11(15)14(3)7-6-13-2/h4-5,8,13H,6-7H2,1-3H3. The number of amides is 1. The van der Waals surface area contributed by atoms with E-state index in [2.05, 4.69) is 5.32 Å². The molecule has 0 spiro atoms. The number of nitrogens with zero attached hydrogens (tertiary/aromatic N) is 1. The smallest absolute Gasteiger partial charge is 0.230 e. The number of hydrogen-bond acceptors (Lipinski definition) is 3. The van der Waals surface area contributed by atoms with Crippen LogP contribution in [-0.4, -0.2) is 38.0 Å². The van der Waals surface area contributed by atoms with Crippen molar-refractivity contribution in [1.82, 2.24) is 10.2 Å². The Morgan fingerprint density at radius 3 is 2.81 bits per heavy atom. The molecule has 0 aliphatic rings. The molecule has 1 aromatic rings. The van der Waals surface area contributed by atoms with Crippen LogP contribution in [0.4, 0.5) is 0 Å². The molecule has 1 amide bonds. The Morgan fingerprint density at radius 1 is 1.62 bits per heavy atom. The zero-order valence-electron chi connectivity index (χ0n) is 9.79. The highest BCUT2D eigenvalue weighted by molar-refractivity contribution is 7.16. The van der Waals surface area contributed by atoms with Crippen molar-refractivity contribution in [2.75, 3.05) is 27.2 Å². The SMILES string of the molecule is CNCCN(C)C(=O)C(C)c1ccc(Cl)s1. The van der Waals surface area contributed by atoms with Gasteiger partial charge in [0.2, 0.25) is 5.91 Å². The van der Waals surface area contributed by atoms with Crippen LogP contribution in [0.15, 0.2) is 12.1 Å². The van der Waals surface area contributed by atoms with Gasteiger partial charge in [-0.2, -0.15) is 0 Å². The Morgan fingerprint density at radius 2 is 2.31 bits per heavy atom. The number of likely N-dealkylation sites (N-methyl/N-ethyl adjacent to an activating group) is 2. The second-order valence-electron chi connectivity index (χ2n) is 3.73. The highest BCUT2D eigenvalue weighted by Gasteiger charge is 2.20. The monoisotopic (exact) mass is 260 g/mol. The molecule has 1 rings (SSSR count). The molecule has 1 aromatic heterocycles. The number of nitrogens with one attached hydrogen (secondary N) is 1. The first-order chi connectivity index (χ1) is 7.56. The quantitative estimate of drug-likeness (QED) is 0.880. The number of carbonyl (C=O) groups is 1. The minimum absolute atomic E-state index is 0.112. The molecule has 16 heavy (non-hydrogen) atoms. The van der Waals surface area contributed by atoms with Gasteiger partial charge in [0.15, 0.2) is 0 Å². The molecule has 0 radical (unpaired) electrons. The maximum absolute atomic E-state index is 12.0. The van der Waals surface area contributed by atoms with Gasteiger partial charge in [-0.25, -0.2) is 0 Å². The predicted octanol–water partition coefficient (Wildman–Crippen LogP) is 2.18. The number of carbonyl (C=O) groups excluding carboxylic acids is 1. The Kier molecular flexibility index (Phi) is 5.25. The first kappa shape index (κ1) is 13.5. The van der Waals surface area contributed by atoms with Crippen LogP contribution in [0.1, 0.15) is 17.7 Å². The normalized spacial score (nSPS) is 12.5. The minimum Gasteiger partial charge on any atom is -0.344 e. The van der Waals surface area contributed by atoms with Gasteiger partial charge in [-0.3, -0.25) is 4.79 Å². The molecule has 3 nitrogen and oxygen atoms in total. The second kappa shape index (κ2) is 6.23. The number of hydrogen-bond donors (Lipinski definition) is 1. The molecule has 0 bridgehead atoms. The summed E-state index contributed by atoms with van der Waals surface area (Å²) in [5, 5.41) is 3.02. The average Bonchev–Trinajstić information content (AvgIpc) is 2.70. The highest BCUT2D eigenvalue weighted by atomic mass is 35.5. The number of thiophene rings is 1. The first-order valence-corrected chi connectivity index (χ1v) is 6.40. The molecule has 1 unspecified atom stereocenters. The maximum Gasteiger partial charge on any atom is 0.230 e. The van der Waals surface area contributed by atoms with Crippen LogP contribution in [0.2, 0.25) is 4.34 Å². The lowest BCUT2D eigenvalue weighted by atomic mass is 10.1. The molecule has 1 N–H and O–H groups in total. The van der Waals surface area contributed by atoms with Gasteiger partial charge in [-0.15, -0.1) is 11.3 Å². The molecular weight excluding hydrogens is 244 g/mol. The molecule has 0 aliphatic heterocycles. The van der Waals surface area contributed by atoms with Crippen LogP contribution < -0.4 is 5.32 Å². The van der Waals surface area contributed by atoms with Crippen molar-refractivity contribution in [2.24, 2.45) is 0 Å². The van der Waals surface area contributed by atoms with Gasteiger partial charge in [0.05, 0.1) is 10.3 Å².